The smallest absolute Gasteiger partial charge is 0.334 e. The van der Waals surface area contributed by atoms with Gasteiger partial charge in [-0.15, -0.1) is 0 Å². The van der Waals surface area contributed by atoms with Gasteiger partial charge in [0.2, 0.25) is 11.8 Å². The highest BCUT2D eigenvalue weighted by molar-refractivity contribution is 5.98. The summed E-state index contributed by atoms with van der Waals surface area (Å²) in [5.41, 5.74) is 7.46. The van der Waals surface area contributed by atoms with Crippen LogP contribution in [0.5, 0.6) is 5.88 Å². The van der Waals surface area contributed by atoms with Crippen LogP contribution in [-0.4, -0.2) is 29.8 Å². The minimum absolute atomic E-state index is 0.0792. The lowest BCUT2D eigenvalue weighted by Gasteiger charge is -2.22. The van der Waals surface area contributed by atoms with E-state index >= 15 is 0 Å². The largest absolute Gasteiger partial charge is 0.481 e. The Labute approximate surface area is 196 Å². The number of hydrogen-bond donors (Lipinski definition) is 3. The second-order valence-electron chi connectivity index (χ2n) is 7.50. The summed E-state index contributed by atoms with van der Waals surface area (Å²) in [6.45, 7) is 1.93. The summed E-state index contributed by atoms with van der Waals surface area (Å²) >= 11 is 0. The van der Waals surface area contributed by atoms with Crippen LogP contribution in [-0.2, 0) is 4.79 Å². The first-order chi connectivity index (χ1) is 16.4. The number of nitrogens with one attached hydrogen (secondary N) is 3. The van der Waals surface area contributed by atoms with Gasteiger partial charge in [0.15, 0.2) is 5.78 Å². The molecule has 9 heteroatoms. The van der Waals surface area contributed by atoms with Crippen LogP contribution in [0, 0.1) is 12.7 Å². The Morgan fingerprint density at radius 1 is 0.971 bits per heavy atom. The zero-order valence-corrected chi connectivity index (χ0v) is 18.8. The summed E-state index contributed by atoms with van der Waals surface area (Å²) < 4.78 is 18.1. The third-order valence-corrected chi connectivity index (χ3v) is 5.14. The summed E-state index contributed by atoms with van der Waals surface area (Å²) in [6.07, 6.45) is 1.39. The molecule has 0 aliphatic heterocycles. The topological polar surface area (TPSA) is 109 Å². The van der Waals surface area contributed by atoms with Crippen molar-refractivity contribution >= 4 is 17.7 Å². The average Bonchev–Trinajstić information content (AvgIpc) is 2.85. The number of halogens is 1. The molecule has 0 radical (unpaired) electrons. The number of ether oxygens (including phenoxy) is 1. The van der Waals surface area contributed by atoms with Crippen molar-refractivity contribution in [1.29, 1.82) is 0 Å². The molecule has 0 bridgehead atoms. The molecule has 176 valence electrons. The van der Waals surface area contributed by atoms with Gasteiger partial charge in [0.1, 0.15) is 5.82 Å². The van der Waals surface area contributed by atoms with Gasteiger partial charge in [-0.05, 0) is 53.9 Å². The summed E-state index contributed by atoms with van der Waals surface area (Å²) in [6, 6.07) is 15.0. The molecule has 8 nitrogen and oxygen atoms in total. The Bertz CT molecular complexity index is 1150. The first kappa shape index (κ1) is 24.4. The zero-order chi connectivity index (χ0) is 24.5. The highest BCUT2D eigenvalue weighted by Gasteiger charge is 2.19. The number of nitrogens with zero attached hydrogens (tertiary/aromatic N) is 1. The van der Waals surface area contributed by atoms with Crippen molar-refractivity contribution in [2.24, 2.45) is 0 Å². The highest BCUT2D eigenvalue weighted by Crippen LogP contribution is 2.25. The molecule has 3 amide bonds. The van der Waals surface area contributed by atoms with E-state index in [0.29, 0.717) is 11.4 Å². The molecule has 2 aromatic carbocycles. The normalized spacial score (nSPS) is 11.3. The monoisotopic (exact) mass is 464 g/mol. The van der Waals surface area contributed by atoms with Gasteiger partial charge in [0, 0.05) is 30.7 Å². The van der Waals surface area contributed by atoms with Crippen LogP contribution < -0.4 is 20.9 Å². The molecule has 3 aromatic rings. The van der Waals surface area contributed by atoms with E-state index in [4.69, 9.17) is 4.74 Å². The summed E-state index contributed by atoms with van der Waals surface area (Å²) in [7, 11) is 1.52. The lowest BCUT2D eigenvalue weighted by atomic mass is 9.96. The Kier molecular flexibility index (Phi) is 8.28. The van der Waals surface area contributed by atoms with Gasteiger partial charge in [0.25, 0.3) is 0 Å². The number of ketones is 1. The van der Waals surface area contributed by atoms with Crippen molar-refractivity contribution in [3.05, 3.63) is 94.9 Å². The van der Waals surface area contributed by atoms with Crippen LogP contribution in [0.25, 0.3) is 0 Å². The molecule has 3 rings (SSSR count). The fraction of sp³-hybridized carbons (Fsp3) is 0.200. The van der Waals surface area contributed by atoms with Crippen molar-refractivity contribution < 1.29 is 23.5 Å². The number of hydrazine groups is 1. The average molecular weight is 464 g/mol. The zero-order valence-electron chi connectivity index (χ0n) is 18.8. The second kappa shape index (κ2) is 11.6. The summed E-state index contributed by atoms with van der Waals surface area (Å²) in [5.74, 6) is -0.839. The number of benzene rings is 2. The number of aromatic nitrogens is 1. The molecule has 0 saturated carbocycles. The molecule has 0 aliphatic carbocycles. The fourth-order valence-corrected chi connectivity index (χ4v) is 3.30. The number of carbonyl (C=O) groups excluding carboxylic acids is 3. The predicted octanol–water partition coefficient (Wildman–Crippen LogP) is 3.62. The van der Waals surface area contributed by atoms with Gasteiger partial charge in [-0.1, -0.05) is 24.3 Å². The van der Waals surface area contributed by atoms with E-state index < -0.39 is 23.8 Å². The molecular weight excluding hydrogens is 439 g/mol. The number of carbonyl (C=O) groups is 3. The highest BCUT2D eigenvalue weighted by atomic mass is 19.1. The van der Waals surface area contributed by atoms with E-state index in [0.717, 1.165) is 16.7 Å². The van der Waals surface area contributed by atoms with Crippen LogP contribution in [0.3, 0.4) is 0 Å². The number of pyridine rings is 1. The van der Waals surface area contributed by atoms with Gasteiger partial charge >= 0.3 is 6.03 Å². The van der Waals surface area contributed by atoms with Crippen molar-refractivity contribution in [2.45, 2.75) is 25.8 Å². The van der Waals surface area contributed by atoms with E-state index in [1.165, 1.54) is 31.4 Å². The predicted molar refractivity (Wildman–Crippen MR) is 124 cm³/mol. The minimum atomic E-state index is -0.637. The maximum Gasteiger partial charge on any atom is 0.334 e. The maximum atomic E-state index is 13.0. The number of rotatable bonds is 8. The quantitative estimate of drug-likeness (QED) is 0.349. The van der Waals surface area contributed by atoms with Crippen LogP contribution in [0.4, 0.5) is 9.18 Å². The van der Waals surface area contributed by atoms with Crippen molar-refractivity contribution in [1.82, 2.24) is 21.2 Å². The van der Waals surface area contributed by atoms with E-state index in [1.807, 2.05) is 31.2 Å². The summed E-state index contributed by atoms with van der Waals surface area (Å²) in [5, 5.41) is 2.83. The van der Waals surface area contributed by atoms with Crippen LogP contribution in [0.15, 0.2) is 66.9 Å². The molecule has 0 saturated heterocycles. The molecule has 0 fully saturated rings. The second-order valence-corrected chi connectivity index (χ2v) is 7.50. The maximum absolute atomic E-state index is 13.0. The number of Topliss-reactive ketones (excluding diaryl/α,β-unsaturated/α-hetero) is 1. The number of aryl methyl sites for hydroxylation is 1. The molecule has 0 spiro atoms. The van der Waals surface area contributed by atoms with E-state index in [2.05, 4.69) is 21.2 Å². The van der Waals surface area contributed by atoms with Crippen molar-refractivity contribution in [2.75, 3.05) is 7.11 Å². The molecule has 0 aliphatic rings. The third-order valence-electron chi connectivity index (χ3n) is 5.14. The molecule has 34 heavy (non-hydrogen) atoms. The lowest BCUT2D eigenvalue weighted by Crippen LogP contribution is -2.48. The number of hydrogen-bond acceptors (Lipinski definition) is 5. The van der Waals surface area contributed by atoms with E-state index in [-0.39, 0.29) is 18.6 Å². The van der Waals surface area contributed by atoms with Gasteiger partial charge in [0.05, 0.1) is 13.2 Å². The Hall–Kier alpha value is -4.27. The third kappa shape index (κ3) is 6.61. The molecule has 1 heterocycles. The van der Waals surface area contributed by atoms with E-state index in [9.17, 15) is 18.8 Å². The number of urea groups is 1. The Morgan fingerprint density at radius 3 is 2.35 bits per heavy atom. The van der Waals surface area contributed by atoms with Crippen LogP contribution in [0.2, 0.25) is 0 Å². The molecule has 1 aromatic heterocycles. The molecular formula is C25H25FN4O4. The Morgan fingerprint density at radius 2 is 1.71 bits per heavy atom. The van der Waals surface area contributed by atoms with Gasteiger partial charge in [-0.2, -0.15) is 0 Å². The lowest BCUT2D eigenvalue weighted by molar-refractivity contribution is -0.121. The molecule has 3 N–H and O–H groups in total. The molecule has 1 unspecified atom stereocenters. The number of amides is 3. The first-order valence-electron chi connectivity index (χ1n) is 10.6. The van der Waals surface area contributed by atoms with Crippen molar-refractivity contribution in [3.8, 4) is 5.88 Å². The van der Waals surface area contributed by atoms with Gasteiger partial charge in [-0.25, -0.2) is 19.6 Å². The number of methoxy groups -OCH3 is 1. The van der Waals surface area contributed by atoms with Gasteiger partial charge < -0.3 is 10.1 Å². The van der Waals surface area contributed by atoms with E-state index in [1.54, 1.807) is 18.3 Å². The van der Waals surface area contributed by atoms with Crippen LogP contribution >= 0.6 is 0 Å². The van der Waals surface area contributed by atoms with Crippen molar-refractivity contribution in [3.63, 3.8) is 0 Å². The standard InChI is InChI=1S/C25H25FN4O4/c1-16-5-3-4-6-20(16)24(18-9-14-23(34-2)27-15-18)28-25(33)30-29-22(32)13-12-21(31)17-7-10-19(26)11-8-17/h3-11,14-15,24H,12-13H2,1-2H3,(H,29,32)(H2,28,30,33). The summed E-state index contributed by atoms with van der Waals surface area (Å²) in [4.78, 5) is 41.0. The fourth-order valence-electron chi connectivity index (χ4n) is 3.30. The molecule has 1 atom stereocenters. The SMILES string of the molecule is COc1ccc(C(NC(=O)NNC(=O)CCC(=O)c2ccc(F)cc2)c2ccccc2C)cn1. The first-order valence-corrected chi connectivity index (χ1v) is 10.6. The minimum Gasteiger partial charge on any atom is -0.481 e. The van der Waals surface area contributed by atoms with Crippen LogP contribution in [0.1, 0.15) is 45.9 Å². The van der Waals surface area contributed by atoms with Gasteiger partial charge in [-0.3, -0.25) is 15.0 Å². The Balaban J connectivity index is 1.58.